The molecule has 2 amide bonds. The van der Waals surface area contributed by atoms with Crippen molar-refractivity contribution in [3.63, 3.8) is 0 Å². The Labute approximate surface area is 114 Å². The van der Waals surface area contributed by atoms with Gasteiger partial charge in [0.15, 0.2) is 0 Å². The lowest BCUT2D eigenvalue weighted by atomic mass is 10.2. The number of hydrogen-bond acceptors (Lipinski definition) is 4. The fourth-order valence-electron chi connectivity index (χ4n) is 1.80. The summed E-state index contributed by atoms with van der Waals surface area (Å²) in [6.45, 7) is 7.39. The third kappa shape index (κ3) is 6.54. The number of nitrogens with one attached hydrogen (secondary N) is 2. The minimum Gasteiger partial charge on any atom is -0.378 e. The van der Waals surface area contributed by atoms with E-state index in [4.69, 9.17) is 4.74 Å². The average Bonchev–Trinajstić information content (AvgIpc) is 2.44. The van der Waals surface area contributed by atoms with Crippen LogP contribution < -0.4 is 10.6 Å². The Hall–Kier alpha value is -1.14. The fourth-order valence-corrected chi connectivity index (χ4v) is 1.80. The maximum absolute atomic E-state index is 11.8. The van der Waals surface area contributed by atoms with Crippen LogP contribution in [0.15, 0.2) is 0 Å². The largest absolute Gasteiger partial charge is 0.378 e. The first kappa shape index (κ1) is 15.9. The molecule has 1 heterocycles. The standard InChI is InChI=1S/C13H25N3O3/c1-3-11(2)15-12(17)10-14-5-4-13(18)16-6-8-19-9-7-16/h11,14H,3-10H2,1-2H3,(H,15,17). The van der Waals surface area contributed by atoms with Gasteiger partial charge in [0.05, 0.1) is 19.8 Å². The summed E-state index contributed by atoms with van der Waals surface area (Å²) in [6, 6.07) is 0.198. The molecule has 19 heavy (non-hydrogen) atoms. The van der Waals surface area contributed by atoms with Gasteiger partial charge in [-0.3, -0.25) is 9.59 Å². The predicted molar refractivity (Wildman–Crippen MR) is 72.8 cm³/mol. The highest BCUT2D eigenvalue weighted by molar-refractivity contribution is 5.78. The summed E-state index contributed by atoms with van der Waals surface area (Å²) >= 11 is 0. The van der Waals surface area contributed by atoms with Crippen LogP contribution >= 0.6 is 0 Å². The van der Waals surface area contributed by atoms with Gasteiger partial charge in [0.25, 0.3) is 0 Å². The molecule has 0 spiro atoms. The van der Waals surface area contributed by atoms with E-state index in [9.17, 15) is 9.59 Å². The lowest BCUT2D eigenvalue weighted by molar-refractivity contribution is -0.135. The van der Waals surface area contributed by atoms with Gasteiger partial charge in [-0.1, -0.05) is 6.92 Å². The van der Waals surface area contributed by atoms with E-state index in [2.05, 4.69) is 10.6 Å². The summed E-state index contributed by atoms with van der Waals surface area (Å²) in [5.41, 5.74) is 0. The van der Waals surface area contributed by atoms with E-state index in [0.29, 0.717) is 39.3 Å². The van der Waals surface area contributed by atoms with Gasteiger partial charge in [0.1, 0.15) is 0 Å². The van der Waals surface area contributed by atoms with Crippen molar-refractivity contribution >= 4 is 11.8 Å². The van der Waals surface area contributed by atoms with E-state index < -0.39 is 0 Å². The molecule has 1 atom stereocenters. The molecular weight excluding hydrogens is 246 g/mol. The van der Waals surface area contributed by atoms with Crippen molar-refractivity contribution in [3.05, 3.63) is 0 Å². The highest BCUT2D eigenvalue weighted by Crippen LogP contribution is 1.99. The number of nitrogens with zero attached hydrogens (tertiary/aromatic N) is 1. The summed E-state index contributed by atoms with van der Waals surface area (Å²) in [4.78, 5) is 25.1. The maximum atomic E-state index is 11.8. The number of carbonyl (C=O) groups excluding carboxylic acids is 2. The zero-order valence-corrected chi connectivity index (χ0v) is 11.9. The van der Waals surface area contributed by atoms with Crippen LogP contribution in [0.2, 0.25) is 0 Å². The predicted octanol–water partition coefficient (Wildman–Crippen LogP) is -0.260. The van der Waals surface area contributed by atoms with Crippen LogP contribution in [-0.2, 0) is 14.3 Å². The quantitative estimate of drug-likeness (QED) is 0.626. The topological polar surface area (TPSA) is 70.7 Å². The second-order valence-corrected chi connectivity index (χ2v) is 4.80. The zero-order valence-electron chi connectivity index (χ0n) is 11.9. The van der Waals surface area contributed by atoms with Crippen molar-refractivity contribution in [2.24, 2.45) is 0 Å². The van der Waals surface area contributed by atoms with Crippen molar-refractivity contribution in [1.29, 1.82) is 0 Å². The molecule has 1 rings (SSSR count). The Balaban J connectivity index is 2.06. The van der Waals surface area contributed by atoms with E-state index in [0.717, 1.165) is 6.42 Å². The van der Waals surface area contributed by atoms with Gasteiger partial charge >= 0.3 is 0 Å². The minimum atomic E-state index is -0.0202. The van der Waals surface area contributed by atoms with Crippen LogP contribution in [0, 0.1) is 0 Å². The number of rotatable bonds is 7. The number of morpholine rings is 1. The SMILES string of the molecule is CCC(C)NC(=O)CNCCC(=O)N1CCOCC1. The van der Waals surface area contributed by atoms with Crippen LogP contribution in [0.4, 0.5) is 0 Å². The molecule has 1 fully saturated rings. The van der Waals surface area contributed by atoms with Gasteiger partial charge < -0.3 is 20.3 Å². The van der Waals surface area contributed by atoms with Gasteiger partial charge in [-0.2, -0.15) is 0 Å². The molecule has 6 heteroatoms. The molecule has 1 aliphatic heterocycles. The van der Waals surface area contributed by atoms with E-state index in [1.165, 1.54) is 0 Å². The Bertz CT molecular complexity index is 291. The number of hydrogen-bond donors (Lipinski definition) is 2. The second-order valence-electron chi connectivity index (χ2n) is 4.80. The van der Waals surface area contributed by atoms with Crippen molar-refractivity contribution in [3.8, 4) is 0 Å². The fraction of sp³-hybridized carbons (Fsp3) is 0.846. The van der Waals surface area contributed by atoms with Crippen LogP contribution in [-0.4, -0.2) is 62.1 Å². The maximum Gasteiger partial charge on any atom is 0.234 e. The second kappa shape index (κ2) is 8.87. The average molecular weight is 271 g/mol. The van der Waals surface area contributed by atoms with Crippen molar-refractivity contribution in [2.45, 2.75) is 32.7 Å². The summed E-state index contributed by atoms with van der Waals surface area (Å²) < 4.78 is 5.19. The Morgan fingerprint density at radius 2 is 2.00 bits per heavy atom. The number of amides is 2. The van der Waals surface area contributed by atoms with Crippen molar-refractivity contribution < 1.29 is 14.3 Å². The monoisotopic (exact) mass is 271 g/mol. The molecule has 0 aromatic rings. The molecule has 0 aromatic heterocycles. The molecule has 1 unspecified atom stereocenters. The molecular formula is C13H25N3O3. The first-order valence-corrected chi connectivity index (χ1v) is 6.99. The summed E-state index contributed by atoms with van der Waals surface area (Å²) in [5, 5.41) is 5.86. The first-order valence-electron chi connectivity index (χ1n) is 6.99. The third-order valence-electron chi connectivity index (χ3n) is 3.18. The number of carbonyl (C=O) groups is 2. The van der Waals surface area contributed by atoms with Gasteiger partial charge in [-0.15, -0.1) is 0 Å². The van der Waals surface area contributed by atoms with Crippen LogP contribution in [0.3, 0.4) is 0 Å². The Kier molecular flexibility index (Phi) is 7.43. The highest BCUT2D eigenvalue weighted by Gasteiger charge is 2.16. The molecule has 2 N–H and O–H groups in total. The van der Waals surface area contributed by atoms with Gasteiger partial charge in [0, 0.05) is 32.1 Å². The molecule has 0 bridgehead atoms. The van der Waals surface area contributed by atoms with Crippen LogP contribution in [0.5, 0.6) is 0 Å². The minimum absolute atomic E-state index is 0.0202. The molecule has 0 aromatic carbocycles. The van der Waals surface area contributed by atoms with Crippen LogP contribution in [0.25, 0.3) is 0 Å². The van der Waals surface area contributed by atoms with Crippen molar-refractivity contribution in [2.75, 3.05) is 39.4 Å². The lowest BCUT2D eigenvalue weighted by Crippen LogP contribution is -2.42. The van der Waals surface area contributed by atoms with E-state index >= 15 is 0 Å². The van der Waals surface area contributed by atoms with Crippen LogP contribution in [0.1, 0.15) is 26.7 Å². The van der Waals surface area contributed by atoms with E-state index in [1.807, 2.05) is 18.7 Å². The Morgan fingerprint density at radius 1 is 1.32 bits per heavy atom. The first-order chi connectivity index (χ1) is 9.13. The van der Waals surface area contributed by atoms with E-state index in [1.54, 1.807) is 0 Å². The number of ether oxygens (including phenoxy) is 1. The summed E-state index contributed by atoms with van der Waals surface area (Å²) in [5.74, 6) is 0.103. The summed E-state index contributed by atoms with van der Waals surface area (Å²) in [6.07, 6.45) is 1.35. The third-order valence-corrected chi connectivity index (χ3v) is 3.18. The summed E-state index contributed by atoms with van der Waals surface area (Å²) in [7, 11) is 0. The molecule has 1 saturated heterocycles. The van der Waals surface area contributed by atoms with Crippen molar-refractivity contribution in [1.82, 2.24) is 15.5 Å². The normalized spacial score (nSPS) is 17.1. The van der Waals surface area contributed by atoms with Gasteiger partial charge in [0.2, 0.25) is 11.8 Å². The van der Waals surface area contributed by atoms with Gasteiger partial charge in [-0.25, -0.2) is 0 Å². The Morgan fingerprint density at radius 3 is 2.63 bits per heavy atom. The molecule has 0 radical (unpaired) electrons. The molecule has 0 aliphatic carbocycles. The molecule has 0 saturated carbocycles. The van der Waals surface area contributed by atoms with Gasteiger partial charge in [-0.05, 0) is 13.3 Å². The van der Waals surface area contributed by atoms with E-state index in [-0.39, 0.29) is 24.4 Å². The molecule has 110 valence electrons. The zero-order chi connectivity index (χ0) is 14.1. The molecule has 6 nitrogen and oxygen atoms in total. The highest BCUT2D eigenvalue weighted by atomic mass is 16.5. The molecule has 1 aliphatic rings. The smallest absolute Gasteiger partial charge is 0.234 e. The lowest BCUT2D eigenvalue weighted by Gasteiger charge is -2.26.